The molecule has 4 heteroatoms. The molecule has 1 spiro atoms. The van der Waals surface area contributed by atoms with Crippen LogP contribution in [-0.4, -0.2) is 16.8 Å². The zero-order chi connectivity index (χ0) is 31.7. The van der Waals surface area contributed by atoms with E-state index in [1.807, 2.05) is 0 Å². The minimum absolute atomic E-state index is 0.0211. The van der Waals surface area contributed by atoms with Crippen LogP contribution < -0.4 is 9.13 Å². The topological polar surface area (TPSA) is 10.8 Å². The third-order valence-corrected chi connectivity index (χ3v) is 12.0. The van der Waals surface area contributed by atoms with Gasteiger partial charge in [0.05, 0.1) is 22.6 Å². The van der Waals surface area contributed by atoms with Crippen LogP contribution in [-0.2, 0) is 22.9 Å². The fourth-order valence-corrected chi connectivity index (χ4v) is 9.86. The molecule has 0 fully saturated rings. The average molecular weight is 601 g/mol. The molecule has 45 heavy (non-hydrogen) atoms. The molecular weight excluding hydrogens is 553 g/mol. The molecule has 2 aromatic heterocycles. The number of unbranched alkanes of at least 4 members (excludes halogenated alkanes) is 1. The number of aryl methyl sites for hydroxylation is 1. The van der Waals surface area contributed by atoms with Crippen molar-refractivity contribution in [2.45, 2.75) is 104 Å². The van der Waals surface area contributed by atoms with Gasteiger partial charge < -0.3 is 0 Å². The van der Waals surface area contributed by atoms with E-state index in [4.69, 9.17) is 0 Å². The predicted molar refractivity (Wildman–Crippen MR) is 180 cm³/mol. The van der Waals surface area contributed by atoms with Crippen LogP contribution in [0.1, 0.15) is 109 Å². The van der Waals surface area contributed by atoms with Crippen LogP contribution in [0.4, 0.5) is 4.39 Å². The van der Waals surface area contributed by atoms with Gasteiger partial charge in [0.2, 0.25) is 17.8 Å². The molecule has 0 radical (unpaired) electrons. The van der Waals surface area contributed by atoms with Gasteiger partial charge in [0, 0.05) is 47.4 Å². The number of allylic oxidation sites excluding steroid dienone is 1. The zero-order valence-electron chi connectivity index (χ0n) is 28.3. The molecule has 1 unspecified atom stereocenters. The molecule has 4 aromatic rings. The van der Waals surface area contributed by atoms with E-state index in [0.29, 0.717) is 0 Å². The first-order valence-corrected chi connectivity index (χ1v) is 17.2. The van der Waals surface area contributed by atoms with Crippen LogP contribution >= 0.6 is 0 Å². The molecule has 8 rings (SSSR count). The lowest BCUT2D eigenvalue weighted by molar-refractivity contribution is -0.889. The normalized spacial score (nSPS) is 21.4. The van der Waals surface area contributed by atoms with Gasteiger partial charge in [-0.3, -0.25) is 0 Å². The average Bonchev–Trinajstić information content (AvgIpc) is 2.99. The van der Waals surface area contributed by atoms with Crippen molar-refractivity contribution in [3.63, 3.8) is 0 Å². The van der Waals surface area contributed by atoms with Crippen molar-refractivity contribution in [3.05, 3.63) is 101 Å². The second-order valence-electron chi connectivity index (χ2n) is 15.5. The van der Waals surface area contributed by atoms with Crippen LogP contribution in [0.15, 0.2) is 67.0 Å². The fraction of sp³-hybridized carbons (Fsp3) is 0.439. The summed E-state index contributed by atoms with van der Waals surface area (Å²) >= 11 is 0. The predicted octanol–water partition coefficient (Wildman–Crippen LogP) is 8.34. The molecule has 0 N–H and O–H groups in total. The fourth-order valence-electron chi connectivity index (χ4n) is 9.86. The van der Waals surface area contributed by atoms with Gasteiger partial charge in [0.15, 0.2) is 18.1 Å². The number of rotatable bonds is 5. The number of pyridine rings is 2. The van der Waals surface area contributed by atoms with Crippen molar-refractivity contribution in [3.8, 4) is 11.3 Å². The summed E-state index contributed by atoms with van der Waals surface area (Å²) in [7, 11) is 0. The van der Waals surface area contributed by atoms with Gasteiger partial charge in [0.1, 0.15) is 5.82 Å². The van der Waals surface area contributed by atoms with Gasteiger partial charge in [0.25, 0.3) is 11.4 Å². The number of nitrogens with zero attached hydrogens (tertiary/aromatic N) is 3. The van der Waals surface area contributed by atoms with Crippen molar-refractivity contribution in [2.75, 3.05) is 6.54 Å². The Morgan fingerprint density at radius 1 is 0.889 bits per heavy atom. The van der Waals surface area contributed by atoms with Crippen molar-refractivity contribution >= 4 is 22.2 Å². The van der Waals surface area contributed by atoms with Gasteiger partial charge in [-0.15, -0.1) is 0 Å². The standard InChI is InChI=1S/C41H47FN3/c1-9-12-15-26-22-27-19-21-45-37-34(27)29(23-26)39(7,8)36-30(42)18-17-28(35(36)37)41(40(45,10-2)11-3)25-43-32(24-33(43)38(4,5)6)31-16-13-14-20-44(31)41/h13-14,16-24H,9-12,15,25H2,1-8H3/q+3. The van der Waals surface area contributed by atoms with Crippen molar-refractivity contribution in [1.82, 2.24) is 0 Å². The highest BCUT2D eigenvalue weighted by molar-refractivity contribution is 6.05. The summed E-state index contributed by atoms with van der Waals surface area (Å²) in [5, 5.41) is 2.59. The Bertz CT molecular complexity index is 2020. The van der Waals surface area contributed by atoms with E-state index in [1.54, 1.807) is 6.07 Å². The molecule has 3 nitrogen and oxygen atoms in total. The van der Waals surface area contributed by atoms with Crippen molar-refractivity contribution in [2.24, 2.45) is 5.41 Å². The number of benzene rings is 2. The van der Waals surface area contributed by atoms with Gasteiger partial charge in [-0.05, 0) is 47.6 Å². The van der Waals surface area contributed by atoms with E-state index in [2.05, 4.69) is 130 Å². The number of hydrogen-bond donors (Lipinski definition) is 0. The van der Waals surface area contributed by atoms with E-state index >= 15 is 4.39 Å². The minimum Gasteiger partial charge on any atom is -0.207 e. The van der Waals surface area contributed by atoms with Gasteiger partial charge in [-0.25, -0.2) is 4.39 Å². The largest absolute Gasteiger partial charge is 0.316 e. The van der Waals surface area contributed by atoms with E-state index in [-0.39, 0.29) is 16.8 Å². The molecule has 1 atom stereocenters. The number of aromatic nitrogens is 2. The molecule has 4 aliphatic rings. The summed E-state index contributed by atoms with van der Waals surface area (Å²) in [4.78, 5) is 0. The molecule has 5 heterocycles. The van der Waals surface area contributed by atoms with Crippen molar-refractivity contribution in [1.29, 1.82) is 0 Å². The van der Waals surface area contributed by atoms with E-state index < -0.39 is 11.0 Å². The quantitative estimate of drug-likeness (QED) is 0.204. The van der Waals surface area contributed by atoms with E-state index in [9.17, 15) is 0 Å². The minimum atomic E-state index is -0.481. The molecule has 2 aromatic carbocycles. The van der Waals surface area contributed by atoms with Crippen LogP contribution in [0, 0.1) is 11.2 Å². The third-order valence-electron chi connectivity index (χ3n) is 12.0. The molecule has 0 bridgehead atoms. The first-order chi connectivity index (χ1) is 21.5. The summed E-state index contributed by atoms with van der Waals surface area (Å²) in [6.45, 7) is 19.3. The molecule has 3 aliphatic heterocycles. The maximum atomic E-state index is 16.6. The van der Waals surface area contributed by atoms with Crippen LogP contribution in [0.2, 0.25) is 0 Å². The Kier molecular flexibility index (Phi) is 5.89. The number of halogens is 1. The van der Waals surface area contributed by atoms with Crippen LogP contribution in [0.25, 0.3) is 27.7 Å². The zero-order valence-corrected chi connectivity index (χ0v) is 28.3. The Morgan fingerprint density at radius 2 is 1.67 bits per heavy atom. The first-order valence-electron chi connectivity index (χ1n) is 17.2. The molecule has 0 amide bonds. The van der Waals surface area contributed by atoms with Crippen LogP contribution in [0.5, 0.6) is 0 Å². The lowest BCUT2D eigenvalue weighted by Gasteiger charge is -2.49. The van der Waals surface area contributed by atoms with Gasteiger partial charge in [-0.2, -0.15) is 13.7 Å². The summed E-state index contributed by atoms with van der Waals surface area (Å²) in [5.41, 5.74) is 9.77. The van der Waals surface area contributed by atoms with Crippen molar-refractivity contribution < 1.29 is 18.1 Å². The molecule has 0 saturated heterocycles. The number of fused-ring (bicyclic) bond motifs is 5. The lowest BCUT2D eigenvalue weighted by atomic mass is 9.58. The number of hydrogen-bond acceptors (Lipinski definition) is 0. The summed E-state index contributed by atoms with van der Waals surface area (Å²) in [5.74, 6) is -0.0943. The monoisotopic (exact) mass is 600 g/mol. The lowest BCUT2D eigenvalue weighted by Crippen LogP contribution is -2.84. The highest BCUT2D eigenvalue weighted by Crippen LogP contribution is 2.58. The van der Waals surface area contributed by atoms with Gasteiger partial charge >= 0.3 is 5.54 Å². The highest BCUT2D eigenvalue weighted by Gasteiger charge is 2.76. The summed E-state index contributed by atoms with van der Waals surface area (Å²) in [6.07, 6.45) is 12.3. The van der Waals surface area contributed by atoms with E-state index in [1.165, 1.54) is 50.3 Å². The molecule has 230 valence electrons. The molecule has 1 aliphatic carbocycles. The Morgan fingerprint density at radius 3 is 2.38 bits per heavy atom. The van der Waals surface area contributed by atoms with E-state index in [0.717, 1.165) is 49.8 Å². The third kappa shape index (κ3) is 3.34. The SMILES string of the molecule is CCCCc1cc2c3c4[n+](ccc3c1)C(CC)(CC)C1(C[N+]3=C(C(C)(C)C)C=C3c3cccc[n+]31)c1ccc(F)c(c1-4)C2(C)C. The first kappa shape index (κ1) is 28.8. The van der Waals surface area contributed by atoms with Crippen LogP contribution in [0.3, 0.4) is 0 Å². The molecular formula is C41H47FN3+3. The van der Waals surface area contributed by atoms with Gasteiger partial charge in [-0.1, -0.05) is 73.9 Å². The summed E-state index contributed by atoms with van der Waals surface area (Å²) < 4.78 is 24.4. The maximum absolute atomic E-state index is 16.6. The Labute approximate surface area is 267 Å². The maximum Gasteiger partial charge on any atom is 0.316 e. The second kappa shape index (κ2) is 9.21. The second-order valence-corrected chi connectivity index (χ2v) is 15.5. The smallest absolute Gasteiger partial charge is 0.207 e. The Balaban J connectivity index is 1.56. The highest BCUT2D eigenvalue weighted by atomic mass is 19.1. The molecule has 0 saturated carbocycles. The summed E-state index contributed by atoms with van der Waals surface area (Å²) in [6, 6.07) is 17.7. The Hall–Kier alpha value is -3.66.